The molecule has 0 aliphatic carbocycles. The molecule has 0 spiro atoms. The van der Waals surface area contributed by atoms with E-state index in [-0.39, 0.29) is 23.5 Å². The fraction of sp³-hybridized carbons (Fsp3) is 0.136. The van der Waals surface area contributed by atoms with E-state index in [2.05, 4.69) is 10.1 Å². The molecule has 1 aliphatic rings. The van der Waals surface area contributed by atoms with Crippen LogP contribution in [-0.2, 0) is 6.54 Å². The summed E-state index contributed by atoms with van der Waals surface area (Å²) in [5.41, 5.74) is 1.35. The molecule has 30 heavy (non-hydrogen) atoms. The summed E-state index contributed by atoms with van der Waals surface area (Å²) in [6.45, 7) is 0.477. The fourth-order valence-electron chi connectivity index (χ4n) is 4.12. The van der Waals surface area contributed by atoms with Gasteiger partial charge in [0.15, 0.2) is 11.6 Å². The van der Waals surface area contributed by atoms with Gasteiger partial charge < -0.3 is 9.67 Å². The molecule has 0 fully saturated rings. The van der Waals surface area contributed by atoms with E-state index in [1.54, 1.807) is 35.3 Å². The topological polar surface area (TPSA) is 72.9 Å². The van der Waals surface area contributed by atoms with Gasteiger partial charge >= 0.3 is 0 Å². The molecule has 0 bridgehead atoms. The fourth-order valence-corrected chi connectivity index (χ4v) is 4.38. The maximum atomic E-state index is 13.6. The minimum Gasteiger partial charge on any atom is -0.503 e. The first-order chi connectivity index (χ1) is 14.5. The number of nitrogens with zero attached hydrogens (tertiary/aromatic N) is 4. The second-order valence-electron chi connectivity index (χ2n) is 7.17. The molecule has 6 nitrogen and oxygen atoms in total. The van der Waals surface area contributed by atoms with Crippen LogP contribution >= 0.6 is 11.6 Å². The smallest absolute Gasteiger partial charge is 0.242 e. The summed E-state index contributed by atoms with van der Waals surface area (Å²) in [4.78, 5) is 16.4. The Labute approximate surface area is 175 Å². The van der Waals surface area contributed by atoms with Gasteiger partial charge in [0, 0.05) is 29.9 Å². The first-order valence-electron chi connectivity index (χ1n) is 9.37. The molecular weight excluding hydrogens is 407 g/mol. The van der Waals surface area contributed by atoms with Crippen LogP contribution in [0.5, 0.6) is 5.75 Å². The molecule has 1 aliphatic heterocycles. The molecule has 2 aromatic carbocycles. The lowest BCUT2D eigenvalue weighted by atomic mass is 9.84. The highest BCUT2D eigenvalue weighted by Gasteiger charge is 2.36. The maximum Gasteiger partial charge on any atom is 0.242 e. The number of aromatic nitrogens is 4. The lowest BCUT2D eigenvalue weighted by Crippen LogP contribution is -2.32. The van der Waals surface area contributed by atoms with Gasteiger partial charge in [0.05, 0.1) is 12.2 Å². The van der Waals surface area contributed by atoms with Crippen molar-refractivity contribution in [2.75, 3.05) is 0 Å². The van der Waals surface area contributed by atoms with E-state index in [9.17, 15) is 14.3 Å². The van der Waals surface area contributed by atoms with Gasteiger partial charge in [-0.25, -0.2) is 9.37 Å². The van der Waals surface area contributed by atoms with Crippen molar-refractivity contribution in [3.05, 3.63) is 99.3 Å². The third kappa shape index (κ3) is 2.90. The molecular formula is C22H16ClFN4O2. The summed E-state index contributed by atoms with van der Waals surface area (Å²) in [6, 6.07) is 13.3. The number of rotatable bonds is 3. The summed E-state index contributed by atoms with van der Waals surface area (Å²) in [6.07, 6.45) is 4.50. The number of halogens is 2. The largest absolute Gasteiger partial charge is 0.503 e. The molecule has 1 N–H and O–H groups in total. The number of aromatic hydroxyl groups is 1. The summed E-state index contributed by atoms with van der Waals surface area (Å²) >= 11 is 6.56. The number of fused-ring (bicyclic) bond motifs is 3. The van der Waals surface area contributed by atoms with Crippen LogP contribution in [0.15, 0.2) is 71.9 Å². The van der Waals surface area contributed by atoms with E-state index in [0.29, 0.717) is 17.4 Å². The molecule has 3 heterocycles. The molecule has 2 aromatic heterocycles. The van der Waals surface area contributed by atoms with E-state index < -0.39 is 11.2 Å². The molecule has 150 valence electrons. The van der Waals surface area contributed by atoms with Crippen LogP contribution in [0.1, 0.15) is 23.1 Å². The van der Waals surface area contributed by atoms with Crippen LogP contribution < -0.4 is 5.43 Å². The number of imidazole rings is 1. The standard InChI is InChI=1S/C22H16ClFN4O2/c23-16-4-2-1-3-15(16)19(13-5-7-14(24)8-6-13)17-12-27-10-9-25-22(27)20-21(30)18(29)11-26-28(17)20/h1-11,17,19,30H,12H2/t17-,19?/m1/s1. The zero-order valence-corrected chi connectivity index (χ0v) is 16.4. The maximum absolute atomic E-state index is 13.6. The number of hydrogen-bond acceptors (Lipinski definition) is 4. The summed E-state index contributed by atoms with van der Waals surface area (Å²) in [5, 5.41) is 15.4. The van der Waals surface area contributed by atoms with E-state index >= 15 is 0 Å². The van der Waals surface area contributed by atoms with Crippen LogP contribution in [-0.4, -0.2) is 24.4 Å². The van der Waals surface area contributed by atoms with Crippen molar-refractivity contribution in [3.63, 3.8) is 0 Å². The van der Waals surface area contributed by atoms with Crippen LogP contribution in [0.4, 0.5) is 4.39 Å². The Hall–Kier alpha value is -3.45. The molecule has 8 heteroatoms. The first-order valence-corrected chi connectivity index (χ1v) is 9.74. The van der Waals surface area contributed by atoms with Crippen LogP contribution in [0.2, 0.25) is 5.02 Å². The highest BCUT2D eigenvalue weighted by atomic mass is 35.5. The van der Waals surface area contributed by atoms with Gasteiger partial charge in [0.2, 0.25) is 5.43 Å². The van der Waals surface area contributed by atoms with E-state index in [0.717, 1.165) is 17.3 Å². The molecule has 4 aromatic rings. The lowest BCUT2D eigenvalue weighted by Gasteiger charge is -2.35. The van der Waals surface area contributed by atoms with Crippen LogP contribution in [0, 0.1) is 5.82 Å². The minimum atomic E-state index is -0.576. The van der Waals surface area contributed by atoms with Crippen molar-refractivity contribution in [3.8, 4) is 17.3 Å². The van der Waals surface area contributed by atoms with Crippen molar-refractivity contribution >= 4 is 11.6 Å². The number of hydrogen-bond donors (Lipinski definition) is 1. The van der Waals surface area contributed by atoms with E-state index in [1.807, 2.05) is 22.8 Å². The highest BCUT2D eigenvalue weighted by molar-refractivity contribution is 6.31. The normalized spacial score (nSPS) is 16.0. The SMILES string of the molecule is O=c1cnn2c(c1O)-c1nccn1C[C@@H]2C(c1ccc(F)cc1)c1ccccc1Cl. The zero-order chi connectivity index (χ0) is 20.8. The second-order valence-corrected chi connectivity index (χ2v) is 7.58. The van der Waals surface area contributed by atoms with Crippen molar-refractivity contribution < 1.29 is 9.50 Å². The Morgan fingerprint density at radius 2 is 1.93 bits per heavy atom. The minimum absolute atomic E-state index is 0.253. The second kappa shape index (κ2) is 7.11. The highest BCUT2D eigenvalue weighted by Crippen LogP contribution is 2.44. The van der Waals surface area contributed by atoms with E-state index in [4.69, 9.17) is 11.6 Å². The zero-order valence-electron chi connectivity index (χ0n) is 15.6. The monoisotopic (exact) mass is 422 g/mol. The molecule has 0 saturated carbocycles. The Morgan fingerprint density at radius 1 is 1.17 bits per heavy atom. The van der Waals surface area contributed by atoms with Gasteiger partial charge in [0.25, 0.3) is 0 Å². The Balaban J connectivity index is 1.77. The molecule has 2 atom stereocenters. The van der Waals surface area contributed by atoms with Gasteiger partial charge in [0.1, 0.15) is 11.5 Å². The summed E-state index contributed by atoms with van der Waals surface area (Å²) < 4.78 is 17.1. The molecule has 0 saturated heterocycles. The third-order valence-electron chi connectivity index (χ3n) is 5.47. The average Bonchev–Trinajstić information content (AvgIpc) is 3.21. The first kappa shape index (κ1) is 18.6. The van der Waals surface area contributed by atoms with Crippen molar-refractivity contribution in [2.24, 2.45) is 0 Å². The van der Waals surface area contributed by atoms with Crippen LogP contribution in [0.25, 0.3) is 11.5 Å². The van der Waals surface area contributed by atoms with Gasteiger partial charge in [-0.1, -0.05) is 41.9 Å². The summed E-state index contributed by atoms with van der Waals surface area (Å²) in [7, 11) is 0. The van der Waals surface area contributed by atoms with Gasteiger partial charge in [-0.2, -0.15) is 5.10 Å². The quantitative estimate of drug-likeness (QED) is 0.541. The van der Waals surface area contributed by atoms with Gasteiger partial charge in [-0.05, 0) is 29.3 Å². The van der Waals surface area contributed by atoms with Crippen molar-refractivity contribution in [1.29, 1.82) is 0 Å². The van der Waals surface area contributed by atoms with E-state index in [1.165, 1.54) is 12.1 Å². The van der Waals surface area contributed by atoms with Gasteiger partial charge in [-0.15, -0.1) is 0 Å². The molecule has 5 rings (SSSR count). The third-order valence-corrected chi connectivity index (χ3v) is 5.81. The summed E-state index contributed by atoms with van der Waals surface area (Å²) in [5.74, 6) is -0.592. The van der Waals surface area contributed by atoms with Crippen molar-refractivity contribution in [2.45, 2.75) is 18.5 Å². The van der Waals surface area contributed by atoms with Crippen LogP contribution in [0.3, 0.4) is 0 Å². The Kier molecular flexibility index (Phi) is 4.40. The Bertz CT molecular complexity index is 1300. The van der Waals surface area contributed by atoms with Gasteiger partial charge in [-0.3, -0.25) is 9.48 Å². The predicted octanol–water partition coefficient (Wildman–Crippen LogP) is 3.99. The number of benzene rings is 2. The molecule has 1 unspecified atom stereocenters. The molecule has 0 radical (unpaired) electrons. The Morgan fingerprint density at radius 3 is 2.70 bits per heavy atom. The average molecular weight is 423 g/mol. The predicted molar refractivity (Wildman–Crippen MR) is 110 cm³/mol. The van der Waals surface area contributed by atoms with Crippen molar-refractivity contribution in [1.82, 2.24) is 19.3 Å². The lowest BCUT2D eigenvalue weighted by molar-refractivity contribution is 0.331. The molecule has 0 amide bonds.